The van der Waals surface area contributed by atoms with Gasteiger partial charge in [0.2, 0.25) is 18.1 Å². The van der Waals surface area contributed by atoms with Crippen molar-refractivity contribution in [3.05, 3.63) is 18.0 Å². The van der Waals surface area contributed by atoms with Crippen LogP contribution in [0.4, 0.5) is 10.3 Å². The molecule has 7 nitrogen and oxygen atoms in total. The van der Waals surface area contributed by atoms with Gasteiger partial charge in [-0.15, -0.1) is 0 Å². The van der Waals surface area contributed by atoms with Crippen LogP contribution in [0.15, 0.2) is 22.2 Å². The second-order valence-corrected chi connectivity index (χ2v) is 6.28. The zero-order chi connectivity index (χ0) is 17.3. The highest BCUT2D eigenvalue weighted by atomic mass is 19.1. The lowest BCUT2D eigenvalue weighted by molar-refractivity contribution is -0.120. The Kier molecular flexibility index (Phi) is 4.55. The van der Waals surface area contributed by atoms with Crippen LogP contribution in [0.2, 0.25) is 0 Å². The molecule has 24 heavy (non-hydrogen) atoms. The summed E-state index contributed by atoms with van der Waals surface area (Å²) in [6.07, 6.45) is 0.0323. The van der Waals surface area contributed by atoms with Gasteiger partial charge in [0.1, 0.15) is 0 Å². The van der Waals surface area contributed by atoms with E-state index in [9.17, 15) is 9.18 Å². The van der Waals surface area contributed by atoms with Crippen molar-refractivity contribution in [2.45, 2.75) is 26.9 Å². The summed E-state index contributed by atoms with van der Waals surface area (Å²) in [4.78, 5) is 32.6. The third-order valence-electron chi connectivity index (χ3n) is 4.13. The number of piperazine rings is 1. The molecule has 1 atom stereocenters. The number of amides is 1. The first-order valence-corrected chi connectivity index (χ1v) is 8.10. The summed E-state index contributed by atoms with van der Waals surface area (Å²) in [5.74, 6) is 0.137. The smallest absolute Gasteiger partial charge is 0.289 e. The van der Waals surface area contributed by atoms with E-state index in [1.807, 2.05) is 31.7 Å². The van der Waals surface area contributed by atoms with Crippen LogP contribution in [0.25, 0.3) is 0 Å². The first-order chi connectivity index (χ1) is 11.5. The van der Waals surface area contributed by atoms with Crippen LogP contribution >= 0.6 is 0 Å². The number of aromatic nitrogens is 2. The average Bonchev–Trinajstić information content (AvgIpc) is 2.57. The van der Waals surface area contributed by atoms with Gasteiger partial charge in [-0.3, -0.25) is 4.79 Å². The van der Waals surface area contributed by atoms with Gasteiger partial charge >= 0.3 is 0 Å². The van der Waals surface area contributed by atoms with Crippen LogP contribution in [-0.4, -0.2) is 64.8 Å². The summed E-state index contributed by atoms with van der Waals surface area (Å²) < 4.78 is 13.9. The Morgan fingerprint density at radius 3 is 2.46 bits per heavy atom. The number of nitrogens with zero attached hydrogens (tertiary/aromatic N) is 6. The third-order valence-corrected chi connectivity index (χ3v) is 4.13. The topological polar surface area (TPSA) is 74.1 Å². The number of hydrogen-bond donors (Lipinski definition) is 0. The third kappa shape index (κ3) is 3.27. The number of carbonyl (C=O) groups is 1. The number of aliphatic imine (C=N–C) groups is 2. The molecule has 1 fully saturated rings. The van der Waals surface area contributed by atoms with Crippen molar-refractivity contribution in [1.82, 2.24) is 14.9 Å². The predicted octanol–water partition coefficient (Wildman–Crippen LogP) is 1.24. The van der Waals surface area contributed by atoms with Gasteiger partial charge in [-0.05, 0) is 18.9 Å². The second-order valence-electron chi connectivity index (χ2n) is 6.28. The summed E-state index contributed by atoms with van der Waals surface area (Å²) >= 11 is 0. The monoisotopic (exact) mass is 332 g/mol. The zero-order valence-electron chi connectivity index (χ0n) is 14.1. The predicted molar refractivity (Wildman–Crippen MR) is 90.2 cm³/mol. The van der Waals surface area contributed by atoms with Crippen molar-refractivity contribution in [3.8, 4) is 0 Å². The maximum Gasteiger partial charge on any atom is 0.289 e. The molecule has 128 valence electrons. The molecule has 0 radical (unpaired) electrons. The molecule has 0 bridgehead atoms. The van der Waals surface area contributed by atoms with Crippen LogP contribution in [-0.2, 0) is 4.79 Å². The summed E-state index contributed by atoms with van der Waals surface area (Å²) in [6.45, 7) is 8.25. The molecule has 0 aliphatic carbocycles. The van der Waals surface area contributed by atoms with Crippen LogP contribution in [0.5, 0.6) is 0 Å². The van der Waals surface area contributed by atoms with E-state index in [2.05, 4.69) is 24.9 Å². The molecule has 0 N–H and O–H groups in total. The van der Waals surface area contributed by atoms with Gasteiger partial charge in [-0.2, -0.15) is 4.99 Å². The lowest BCUT2D eigenvalue weighted by Crippen LogP contribution is -2.50. The number of anilines is 1. The Morgan fingerprint density at radius 1 is 1.17 bits per heavy atom. The zero-order valence-corrected chi connectivity index (χ0v) is 14.1. The average molecular weight is 332 g/mol. The van der Waals surface area contributed by atoms with E-state index in [1.54, 1.807) is 6.20 Å². The molecule has 1 unspecified atom stereocenters. The molecular weight excluding hydrogens is 311 g/mol. The number of rotatable bonds is 2. The Hall–Kier alpha value is -2.38. The van der Waals surface area contributed by atoms with E-state index >= 15 is 0 Å². The Morgan fingerprint density at radius 2 is 1.83 bits per heavy atom. The molecule has 3 rings (SSSR count). The van der Waals surface area contributed by atoms with Gasteiger partial charge < -0.3 is 9.80 Å². The largest absolute Gasteiger partial charge is 0.337 e. The maximum atomic E-state index is 13.9. The highest BCUT2D eigenvalue weighted by molar-refractivity contribution is 6.18. The molecule has 3 heterocycles. The van der Waals surface area contributed by atoms with E-state index in [4.69, 9.17) is 0 Å². The lowest BCUT2D eigenvalue weighted by Gasteiger charge is -2.36. The minimum absolute atomic E-state index is 0.128. The quantitative estimate of drug-likeness (QED) is 0.814. The number of guanidine groups is 1. The molecular formula is C16H21FN6O. The van der Waals surface area contributed by atoms with Crippen LogP contribution in [0.3, 0.4) is 0 Å². The van der Waals surface area contributed by atoms with Crippen molar-refractivity contribution >= 4 is 23.5 Å². The number of halogens is 1. The number of hydrogen-bond acceptors (Lipinski definition) is 6. The molecule has 1 aromatic heterocycles. The molecule has 0 spiro atoms. The van der Waals surface area contributed by atoms with Gasteiger partial charge in [0.25, 0.3) is 5.91 Å². The molecule has 8 heteroatoms. The van der Waals surface area contributed by atoms with Crippen molar-refractivity contribution in [1.29, 1.82) is 0 Å². The molecule has 2 aliphatic heterocycles. The van der Waals surface area contributed by atoms with Gasteiger partial charge in [0.05, 0.1) is 5.71 Å². The van der Waals surface area contributed by atoms with Crippen molar-refractivity contribution < 1.29 is 9.18 Å². The van der Waals surface area contributed by atoms with Gasteiger partial charge in [-0.1, -0.05) is 13.8 Å². The number of alkyl halides is 1. The second kappa shape index (κ2) is 6.62. The van der Waals surface area contributed by atoms with Crippen molar-refractivity contribution in [2.24, 2.45) is 15.9 Å². The molecule has 1 saturated heterocycles. The minimum Gasteiger partial charge on any atom is -0.337 e. The maximum absolute atomic E-state index is 13.9. The van der Waals surface area contributed by atoms with Crippen LogP contribution in [0.1, 0.15) is 19.5 Å². The summed E-state index contributed by atoms with van der Waals surface area (Å²) in [5.41, 5.74) is 1.18. The van der Waals surface area contributed by atoms with E-state index in [-0.39, 0.29) is 11.6 Å². The van der Waals surface area contributed by atoms with Gasteiger partial charge in [-0.25, -0.2) is 19.4 Å². The molecule has 1 aromatic rings. The van der Waals surface area contributed by atoms with Crippen molar-refractivity contribution in [3.63, 3.8) is 0 Å². The van der Waals surface area contributed by atoms with E-state index in [0.29, 0.717) is 38.1 Å². The minimum atomic E-state index is -1.71. The fraction of sp³-hybridized carbons (Fsp3) is 0.562. The molecule has 0 saturated carbocycles. The van der Waals surface area contributed by atoms with Gasteiger partial charge in [0.15, 0.2) is 0 Å². The highest BCUT2D eigenvalue weighted by Gasteiger charge is 2.33. The Balaban J connectivity index is 1.70. The summed E-state index contributed by atoms with van der Waals surface area (Å²) in [7, 11) is 0. The normalized spacial score (nSPS) is 21.9. The SMILES string of the molecule is Cc1ccnc(N2CCN(C3=NC(=O)C(F)C(C(C)C)=N3)CC2)n1. The fourth-order valence-electron chi connectivity index (χ4n) is 2.74. The van der Waals surface area contributed by atoms with E-state index in [1.165, 1.54) is 0 Å². The summed E-state index contributed by atoms with van der Waals surface area (Å²) in [6, 6.07) is 1.86. The highest BCUT2D eigenvalue weighted by Crippen LogP contribution is 2.17. The Labute approximate surface area is 140 Å². The first kappa shape index (κ1) is 16.5. The molecule has 1 amide bonds. The van der Waals surface area contributed by atoms with Crippen LogP contribution in [0, 0.1) is 12.8 Å². The van der Waals surface area contributed by atoms with Crippen molar-refractivity contribution in [2.75, 3.05) is 31.1 Å². The van der Waals surface area contributed by atoms with E-state index in [0.717, 1.165) is 5.69 Å². The molecule has 0 aromatic carbocycles. The Bertz CT molecular complexity index is 694. The number of aryl methyl sites for hydroxylation is 1. The number of carbonyl (C=O) groups excluding carboxylic acids is 1. The summed E-state index contributed by atoms with van der Waals surface area (Å²) in [5, 5.41) is 0. The molecule has 2 aliphatic rings. The fourth-order valence-corrected chi connectivity index (χ4v) is 2.74. The standard InChI is InChI=1S/C16H21FN6O/c1-10(2)13-12(17)14(24)21-16(20-13)23-8-6-22(7-9-23)15-18-5-4-11(3)19-15/h4-5,10,12H,6-9H2,1-3H3. The lowest BCUT2D eigenvalue weighted by atomic mass is 10.0. The van der Waals surface area contributed by atoms with Crippen LogP contribution < -0.4 is 4.90 Å². The first-order valence-electron chi connectivity index (χ1n) is 8.10. The van der Waals surface area contributed by atoms with E-state index < -0.39 is 12.1 Å². The van der Waals surface area contributed by atoms with Gasteiger partial charge in [0, 0.05) is 38.1 Å².